The number of nitrogens with zero attached hydrogens (tertiary/aromatic N) is 1. The van der Waals surface area contributed by atoms with Crippen LogP contribution in [0.5, 0.6) is 0 Å². The molecule has 116 valence electrons. The maximum atomic E-state index is 12.0. The number of nitro benzene ring substituents is 1. The number of benzene rings is 1. The van der Waals surface area contributed by atoms with Gasteiger partial charge in [0.2, 0.25) is 10.0 Å². The number of nitro groups is 1. The Balaban J connectivity index is 3.09. The Bertz CT molecular complexity index is 674. The number of carbonyl (C=O) groups excluding carboxylic acids is 1. The van der Waals surface area contributed by atoms with Gasteiger partial charge in [-0.05, 0) is 19.9 Å². The molecule has 0 amide bonds. The minimum atomic E-state index is -4.11. The van der Waals surface area contributed by atoms with Gasteiger partial charge in [0.25, 0.3) is 5.69 Å². The van der Waals surface area contributed by atoms with Crippen LogP contribution in [0.3, 0.4) is 0 Å². The average molecular weight is 337 g/mol. The second-order valence-corrected chi connectivity index (χ2v) is 6.11. The molecule has 1 aromatic rings. The molecular formula is C11H13ClN2O6S. The summed E-state index contributed by atoms with van der Waals surface area (Å²) in [6.07, 6.45) is 0. The van der Waals surface area contributed by atoms with Crippen LogP contribution >= 0.6 is 11.6 Å². The van der Waals surface area contributed by atoms with E-state index in [-0.39, 0.29) is 17.2 Å². The quantitative estimate of drug-likeness (QED) is 0.477. The Labute approximate surface area is 126 Å². The smallest absolute Gasteiger partial charge is 0.321 e. The molecule has 0 saturated carbocycles. The van der Waals surface area contributed by atoms with E-state index < -0.39 is 38.0 Å². The number of hydrogen-bond donors (Lipinski definition) is 1. The lowest BCUT2D eigenvalue weighted by atomic mass is 10.2. The van der Waals surface area contributed by atoms with Crippen molar-refractivity contribution in [2.45, 2.75) is 18.7 Å². The van der Waals surface area contributed by atoms with Crippen molar-refractivity contribution < 1.29 is 22.9 Å². The van der Waals surface area contributed by atoms with Crippen LogP contribution < -0.4 is 4.72 Å². The van der Waals surface area contributed by atoms with Crippen LogP contribution in [0.1, 0.15) is 12.5 Å². The first-order valence-electron chi connectivity index (χ1n) is 5.79. The van der Waals surface area contributed by atoms with Gasteiger partial charge in [-0.15, -0.1) is 0 Å². The number of ether oxygens (including phenoxy) is 1. The van der Waals surface area contributed by atoms with Crippen LogP contribution in [0.4, 0.5) is 5.69 Å². The topological polar surface area (TPSA) is 116 Å². The van der Waals surface area contributed by atoms with E-state index in [1.54, 1.807) is 6.92 Å². The van der Waals surface area contributed by atoms with Gasteiger partial charge in [-0.3, -0.25) is 14.9 Å². The monoisotopic (exact) mass is 336 g/mol. The van der Waals surface area contributed by atoms with E-state index in [1.807, 2.05) is 4.72 Å². The lowest BCUT2D eigenvalue weighted by molar-refractivity contribution is -0.385. The fourth-order valence-corrected chi connectivity index (χ4v) is 2.73. The lowest BCUT2D eigenvalue weighted by Crippen LogP contribution is -2.30. The maximum absolute atomic E-state index is 12.0. The van der Waals surface area contributed by atoms with E-state index in [1.165, 1.54) is 6.92 Å². The van der Waals surface area contributed by atoms with Crippen molar-refractivity contribution in [1.82, 2.24) is 4.72 Å². The third-order valence-corrected chi connectivity index (χ3v) is 4.28. The molecular weight excluding hydrogens is 324 g/mol. The molecule has 0 atom stereocenters. The minimum absolute atomic E-state index is 0.0549. The number of esters is 1. The van der Waals surface area contributed by atoms with Crippen LogP contribution in [0.15, 0.2) is 17.0 Å². The van der Waals surface area contributed by atoms with E-state index in [9.17, 15) is 23.3 Å². The van der Waals surface area contributed by atoms with Crippen molar-refractivity contribution in [1.29, 1.82) is 0 Å². The molecule has 0 saturated heterocycles. The molecule has 0 aliphatic heterocycles. The highest BCUT2D eigenvalue weighted by atomic mass is 35.5. The normalized spacial score (nSPS) is 11.2. The number of rotatable bonds is 6. The zero-order chi connectivity index (χ0) is 16.2. The van der Waals surface area contributed by atoms with Gasteiger partial charge in [-0.1, -0.05) is 11.6 Å². The summed E-state index contributed by atoms with van der Waals surface area (Å²) < 4.78 is 30.5. The zero-order valence-corrected chi connectivity index (χ0v) is 12.8. The lowest BCUT2D eigenvalue weighted by Gasteiger charge is -2.08. The molecule has 1 aromatic carbocycles. The van der Waals surface area contributed by atoms with Crippen molar-refractivity contribution in [2.75, 3.05) is 13.2 Å². The van der Waals surface area contributed by atoms with Gasteiger partial charge in [0.15, 0.2) is 0 Å². The van der Waals surface area contributed by atoms with Crippen LogP contribution in [-0.4, -0.2) is 32.5 Å². The van der Waals surface area contributed by atoms with Crippen LogP contribution in [0.2, 0.25) is 5.02 Å². The van der Waals surface area contributed by atoms with Gasteiger partial charge in [-0.2, -0.15) is 4.72 Å². The zero-order valence-electron chi connectivity index (χ0n) is 11.3. The van der Waals surface area contributed by atoms with Gasteiger partial charge in [0.05, 0.1) is 21.4 Å². The second-order valence-electron chi connectivity index (χ2n) is 3.94. The van der Waals surface area contributed by atoms with Crippen LogP contribution in [0, 0.1) is 17.0 Å². The van der Waals surface area contributed by atoms with Gasteiger partial charge in [0.1, 0.15) is 6.54 Å². The molecule has 0 heterocycles. The molecule has 1 N–H and O–H groups in total. The van der Waals surface area contributed by atoms with E-state index in [0.717, 1.165) is 12.1 Å². The summed E-state index contributed by atoms with van der Waals surface area (Å²) in [5.41, 5.74) is -0.259. The Kier molecular flexibility index (Phi) is 5.64. The molecule has 8 nitrogen and oxygen atoms in total. The maximum Gasteiger partial charge on any atom is 0.321 e. The van der Waals surface area contributed by atoms with Crippen LogP contribution in [-0.2, 0) is 19.6 Å². The first-order valence-corrected chi connectivity index (χ1v) is 7.65. The number of carbonyl (C=O) groups is 1. The molecule has 0 aromatic heterocycles. The SMILES string of the molecule is CCOC(=O)CNS(=O)(=O)c1cc(Cl)c(C)c([N+](=O)[O-])c1. The van der Waals surface area contributed by atoms with E-state index in [0.29, 0.717) is 0 Å². The standard InChI is InChI=1S/C11H13ClN2O6S/c1-3-20-11(15)6-13-21(18,19)8-4-9(12)7(2)10(5-8)14(16)17/h4-5,13H,3,6H2,1-2H3. The van der Waals surface area contributed by atoms with Gasteiger partial charge in [0, 0.05) is 11.6 Å². The molecule has 0 aliphatic carbocycles. The van der Waals surface area contributed by atoms with Crippen molar-refractivity contribution in [2.24, 2.45) is 0 Å². The van der Waals surface area contributed by atoms with Gasteiger partial charge in [-0.25, -0.2) is 8.42 Å². The Hall–Kier alpha value is -1.71. The highest BCUT2D eigenvalue weighted by molar-refractivity contribution is 7.89. The first-order chi connectivity index (χ1) is 9.69. The first kappa shape index (κ1) is 17.3. The molecule has 0 aliphatic rings. The largest absolute Gasteiger partial charge is 0.465 e. The van der Waals surface area contributed by atoms with Crippen molar-refractivity contribution >= 4 is 33.3 Å². The Morgan fingerprint density at radius 3 is 2.62 bits per heavy atom. The predicted octanol–water partition coefficient (Wildman–Crippen LogP) is 1.40. The summed E-state index contributed by atoms with van der Waals surface area (Å²) in [5, 5.41) is 10.8. The van der Waals surface area contributed by atoms with E-state index in [4.69, 9.17) is 11.6 Å². The highest BCUT2D eigenvalue weighted by Gasteiger charge is 2.23. The third-order valence-electron chi connectivity index (χ3n) is 2.51. The van der Waals surface area contributed by atoms with E-state index in [2.05, 4.69) is 4.74 Å². The van der Waals surface area contributed by atoms with Gasteiger partial charge < -0.3 is 4.74 Å². The Morgan fingerprint density at radius 2 is 2.10 bits per heavy atom. The second kappa shape index (κ2) is 6.83. The third kappa shape index (κ3) is 4.38. The molecule has 1 rings (SSSR count). The fraction of sp³-hybridized carbons (Fsp3) is 0.364. The molecule has 0 spiro atoms. The number of hydrogen-bond acceptors (Lipinski definition) is 6. The minimum Gasteiger partial charge on any atom is -0.465 e. The summed E-state index contributed by atoms with van der Waals surface area (Å²) in [5.74, 6) is -0.756. The highest BCUT2D eigenvalue weighted by Crippen LogP contribution is 2.29. The van der Waals surface area contributed by atoms with E-state index >= 15 is 0 Å². The molecule has 21 heavy (non-hydrogen) atoms. The van der Waals surface area contributed by atoms with Crippen LogP contribution in [0.25, 0.3) is 0 Å². The summed E-state index contributed by atoms with van der Waals surface area (Å²) in [4.78, 5) is 20.9. The average Bonchev–Trinajstić information content (AvgIpc) is 2.39. The number of halogens is 1. The molecule has 0 radical (unpaired) electrons. The number of nitrogens with one attached hydrogen (secondary N) is 1. The number of sulfonamides is 1. The summed E-state index contributed by atoms with van der Waals surface area (Å²) in [6.45, 7) is 2.52. The molecule has 0 unspecified atom stereocenters. The molecule has 0 fully saturated rings. The molecule has 10 heteroatoms. The summed E-state index contributed by atoms with van der Waals surface area (Å²) >= 11 is 5.79. The summed E-state index contributed by atoms with van der Waals surface area (Å²) in [6, 6.07) is 1.96. The molecule has 0 bridgehead atoms. The van der Waals surface area contributed by atoms with Crippen molar-refractivity contribution in [3.05, 3.63) is 32.8 Å². The Morgan fingerprint density at radius 1 is 1.48 bits per heavy atom. The van der Waals surface area contributed by atoms with Crippen molar-refractivity contribution in [3.63, 3.8) is 0 Å². The fourth-order valence-electron chi connectivity index (χ4n) is 1.43. The summed E-state index contributed by atoms with van der Waals surface area (Å²) in [7, 11) is -4.11. The van der Waals surface area contributed by atoms with Crippen molar-refractivity contribution in [3.8, 4) is 0 Å². The van der Waals surface area contributed by atoms with Gasteiger partial charge >= 0.3 is 5.97 Å². The predicted molar refractivity (Wildman–Crippen MR) is 74.7 cm³/mol.